The van der Waals surface area contributed by atoms with Gasteiger partial charge in [-0.15, -0.1) is 11.3 Å². The summed E-state index contributed by atoms with van der Waals surface area (Å²) >= 11 is 4.92. The second kappa shape index (κ2) is 5.51. The molecule has 1 aromatic heterocycles. The van der Waals surface area contributed by atoms with Gasteiger partial charge < -0.3 is 10.5 Å². The van der Waals surface area contributed by atoms with Crippen molar-refractivity contribution in [2.75, 3.05) is 12.3 Å². The summed E-state index contributed by atoms with van der Waals surface area (Å²) in [4.78, 5) is 1.25. The van der Waals surface area contributed by atoms with Crippen LogP contribution in [0.1, 0.15) is 4.88 Å². The number of halogens is 2. The maximum Gasteiger partial charge on any atom is 0.156 e. The Kier molecular flexibility index (Phi) is 4.02. The molecule has 2 N–H and O–H groups in total. The van der Waals surface area contributed by atoms with Crippen LogP contribution >= 0.6 is 27.3 Å². The first-order chi connectivity index (χ1) is 8.16. The third-order valence-electron chi connectivity index (χ3n) is 2.21. The molecule has 0 saturated heterocycles. The summed E-state index contributed by atoms with van der Waals surface area (Å²) < 4.78 is 19.1. The normalized spacial score (nSPS) is 10.5. The van der Waals surface area contributed by atoms with E-state index in [0.717, 1.165) is 6.42 Å². The zero-order valence-electron chi connectivity index (χ0n) is 8.95. The number of rotatable bonds is 4. The fraction of sp³-hybridized carbons (Fsp3) is 0.167. The van der Waals surface area contributed by atoms with Gasteiger partial charge in [0.2, 0.25) is 0 Å². The van der Waals surface area contributed by atoms with Crippen molar-refractivity contribution in [2.45, 2.75) is 6.42 Å². The van der Waals surface area contributed by atoms with Gasteiger partial charge in [0.05, 0.1) is 16.8 Å². The highest BCUT2D eigenvalue weighted by atomic mass is 79.9. The molecule has 0 saturated carbocycles. The molecule has 2 nitrogen and oxygen atoms in total. The number of benzene rings is 1. The predicted octanol–water partition coefficient (Wildman–Crippen LogP) is 3.85. The molecule has 17 heavy (non-hydrogen) atoms. The average Bonchev–Trinajstić information content (AvgIpc) is 2.74. The van der Waals surface area contributed by atoms with Crippen molar-refractivity contribution in [3.63, 3.8) is 0 Å². The van der Waals surface area contributed by atoms with Gasteiger partial charge in [-0.3, -0.25) is 0 Å². The summed E-state index contributed by atoms with van der Waals surface area (Å²) in [6.07, 6.45) is 0.820. The third-order valence-corrected chi connectivity index (χ3v) is 3.74. The zero-order chi connectivity index (χ0) is 12.3. The first-order valence-corrected chi connectivity index (χ1v) is 6.74. The minimum atomic E-state index is -0.375. The van der Waals surface area contributed by atoms with E-state index in [1.165, 1.54) is 17.0 Å². The van der Waals surface area contributed by atoms with Crippen LogP contribution in [0.4, 0.5) is 10.1 Å². The Morgan fingerprint density at radius 2 is 2.24 bits per heavy atom. The minimum Gasteiger partial charge on any atom is -0.490 e. The van der Waals surface area contributed by atoms with Crippen LogP contribution in [0.5, 0.6) is 5.75 Å². The number of thiophene rings is 1. The second-order valence-electron chi connectivity index (χ2n) is 3.48. The van der Waals surface area contributed by atoms with Crippen LogP contribution in [-0.2, 0) is 6.42 Å². The number of anilines is 1. The average molecular weight is 316 g/mol. The molecule has 0 aliphatic carbocycles. The lowest BCUT2D eigenvalue weighted by Gasteiger charge is -2.10. The Labute approximate surface area is 111 Å². The molecule has 0 bridgehead atoms. The molecular weight excluding hydrogens is 305 g/mol. The summed E-state index contributed by atoms with van der Waals surface area (Å²) in [5.74, 6) is 0.128. The first kappa shape index (κ1) is 12.4. The fourth-order valence-electron chi connectivity index (χ4n) is 1.44. The summed E-state index contributed by atoms with van der Waals surface area (Å²) in [6.45, 7) is 0.523. The number of hydrogen-bond acceptors (Lipinski definition) is 3. The molecule has 0 fully saturated rings. The Balaban J connectivity index is 1.99. The summed E-state index contributed by atoms with van der Waals surface area (Å²) in [6, 6.07) is 6.65. The van der Waals surface area contributed by atoms with E-state index < -0.39 is 0 Å². The lowest BCUT2D eigenvalue weighted by atomic mass is 10.3. The van der Waals surface area contributed by atoms with Crippen LogP contribution in [-0.4, -0.2) is 6.61 Å². The van der Waals surface area contributed by atoms with Crippen LogP contribution < -0.4 is 10.5 Å². The Bertz CT molecular complexity index is 478. The number of nitrogens with two attached hydrogens (primary N) is 1. The van der Waals surface area contributed by atoms with Crippen molar-refractivity contribution in [3.05, 3.63) is 44.8 Å². The van der Waals surface area contributed by atoms with Gasteiger partial charge in [0.15, 0.2) is 5.75 Å². The Morgan fingerprint density at radius 1 is 1.41 bits per heavy atom. The van der Waals surface area contributed by atoms with E-state index in [4.69, 9.17) is 10.5 Å². The van der Waals surface area contributed by atoms with Crippen molar-refractivity contribution in [3.8, 4) is 5.75 Å². The smallest absolute Gasteiger partial charge is 0.156 e. The van der Waals surface area contributed by atoms with Crippen LogP contribution in [0.15, 0.2) is 34.1 Å². The maximum absolute atomic E-state index is 13.0. The molecule has 0 aliphatic heterocycles. The highest BCUT2D eigenvalue weighted by Crippen LogP contribution is 2.32. The first-order valence-electron chi connectivity index (χ1n) is 5.06. The molecule has 5 heteroatoms. The van der Waals surface area contributed by atoms with Crippen molar-refractivity contribution in [1.82, 2.24) is 0 Å². The molecule has 0 spiro atoms. The molecule has 0 radical (unpaired) electrons. The Morgan fingerprint density at radius 3 is 2.88 bits per heavy atom. The van der Waals surface area contributed by atoms with Crippen LogP contribution in [0.25, 0.3) is 0 Å². The van der Waals surface area contributed by atoms with E-state index in [9.17, 15) is 4.39 Å². The summed E-state index contributed by atoms with van der Waals surface area (Å²) in [7, 11) is 0. The molecule has 0 amide bonds. The van der Waals surface area contributed by atoms with Crippen LogP contribution in [0.3, 0.4) is 0 Å². The topological polar surface area (TPSA) is 35.2 Å². The molecule has 0 unspecified atom stereocenters. The van der Waals surface area contributed by atoms with Gasteiger partial charge in [-0.1, -0.05) is 6.07 Å². The molecule has 1 heterocycles. The minimum absolute atomic E-state index is 0.308. The van der Waals surface area contributed by atoms with Crippen molar-refractivity contribution in [1.29, 1.82) is 0 Å². The molecule has 0 aliphatic rings. The monoisotopic (exact) mass is 315 g/mol. The highest BCUT2D eigenvalue weighted by Gasteiger charge is 2.08. The van der Waals surface area contributed by atoms with E-state index in [1.807, 2.05) is 11.4 Å². The zero-order valence-corrected chi connectivity index (χ0v) is 11.4. The fourth-order valence-corrected chi connectivity index (χ4v) is 2.69. The third kappa shape index (κ3) is 3.20. The van der Waals surface area contributed by atoms with Gasteiger partial charge in [0.25, 0.3) is 0 Å². The molecular formula is C12H11BrFNOS. The van der Waals surface area contributed by atoms with E-state index in [-0.39, 0.29) is 5.82 Å². The molecule has 2 aromatic rings. The van der Waals surface area contributed by atoms with Crippen LogP contribution in [0.2, 0.25) is 0 Å². The van der Waals surface area contributed by atoms with Gasteiger partial charge >= 0.3 is 0 Å². The summed E-state index contributed by atoms with van der Waals surface area (Å²) in [5.41, 5.74) is 6.00. The van der Waals surface area contributed by atoms with E-state index >= 15 is 0 Å². The molecule has 0 atom stereocenters. The number of ether oxygens (including phenoxy) is 1. The van der Waals surface area contributed by atoms with Crippen LogP contribution in [0, 0.1) is 5.82 Å². The quantitative estimate of drug-likeness (QED) is 0.870. The SMILES string of the molecule is Nc1cc(F)cc(Br)c1OCCc1cccs1. The van der Waals surface area contributed by atoms with E-state index in [2.05, 4.69) is 22.0 Å². The number of hydrogen-bond donors (Lipinski definition) is 1. The van der Waals surface area contributed by atoms with Gasteiger partial charge in [-0.05, 0) is 33.4 Å². The molecule has 1 aromatic carbocycles. The second-order valence-corrected chi connectivity index (χ2v) is 5.37. The lowest BCUT2D eigenvalue weighted by Crippen LogP contribution is -2.03. The maximum atomic E-state index is 13.0. The standard InChI is InChI=1S/C12H11BrFNOS/c13-10-6-8(14)7-11(15)12(10)16-4-3-9-2-1-5-17-9/h1-2,5-7H,3-4,15H2. The lowest BCUT2D eigenvalue weighted by molar-refractivity contribution is 0.322. The van der Waals surface area contributed by atoms with Gasteiger partial charge in [-0.2, -0.15) is 0 Å². The summed E-state index contributed by atoms with van der Waals surface area (Å²) in [5, 5.41) is 2.03. The number of nitrogen functional groups attached to an aromatic ring is 1. The predicted molar refractivity (Wildman–Crippen MR) is 72.0 cm³/mol. The van der Waals surface area contributed by atoms with E-state index in [1.54, 1.807) is 11.3 Å². The molecule has 90 valence electrons. The van der Waals surface area contributed by atoms with Gasteiger partial charge in [-0.25, -0.2) is 4.39 Å². The van der Waals surface area contributed by atoms with Crippen molar-refractivity contribution >= 4 is 33.0 Å². The Hall–Kier alpha value is -1.07. The molecule has 2 rings (SSSR count). The van der Waals surface area contributed by atoms with Crippen molar-refractivity contribution in [2.24, 2.45) is 0 Å². The highest BCUT2D eigenvalue weighted by molar-refractivity contribution is 9.10. The van der Waals surface area contributed by atoms with Gasteiger partial charge in [0, 0.05) is 17.4 Å². The van der Waals surface area contributed by atoms with Gasteiger partial charge in [0.1, 0.15) is 5.82 Å². The largest absolute Gasteiger partial charge is 0.490 e. The van der Waals surface area contributed by atoms with E-state index in [0.29, 0.717) is 22.5 Å². The van der Waals surface area contributed by atoms with Crippen molar-refractivity contribution < 1.29 is 9.13 Å².